The first-order valence-corrected chi connectivity index (χ1v) is 7.43. The summed E-state index contributed by atoms with van der Waals surface area (Å²) in [5.41, 5.74) is 5.65. The fourth-order valence-corrected chi connectivity index (χ4v) is 1.94. The molecule has 0 aliphatic rings. The highest BCUT2D eigenvalue weighted by molar-refractivity contribution is 6.30. The molecule has 1 atom stereocenters. The molecule has 1 aromatic heterocycles. The smallest absolute Gasteiger partial charge is 0.265 e. The van der Waals surface area contributed by atoms with Gasteiger partial charge in [0, 0.05) is 16.7 Å². The van der Waals surface area contributed by atoms with Crippen LogP contribution in [0.15, 0.2) is 34.9 Å². The molecule has 7 nitrogen and oxygen atoms in total. The Balaban J connectivity index is 1.89. The highest BCUT2D eigenvalue weighted by atomic mass is 35.5. The molecule has 8 heteroatoms. The van der Waals surface area contributed by atoms with Gasteiger partial charge in [0.25, 0.3) is 5.91 Å². The van der Waals surface area contributed by atoms with Gasteiger partial charge in [0.15, 0.2) is 5.82 Å². The number of halogens is 1. The third-order valence-corrected chi connectivity index (χ3v) is 3.32. The van der Waals surface area contributed by atoms with E-state index in [-0.39, 0.29) is 11.8 Å². The average Bonchev–Trinajstić information content (AvgIpc) is 2.93. The summed E-state index contributed by atoms with van der Waals surface area (Å²) in [5.74, 6) is 0.247. The largest absolute Gasteiger partial charge is 0.360 e. The van der Waals surface area contributed by atoms with Crippen LogP contribution in [0.3, 0.4) is 0 Å². The second-order valence-electron chi connectivity index (χ2n) is 4.88. The molecular weight excluding hydrogens is 320 g/mol. The number of carbonyl (C=O) groups is 2. The minimum absolute atomic E-state index is 0.322. The van der Waals surface area contributed by atoms with Gasteiger partial charge in [0.05, 0.1) is 0 Å². The summed E-state index contributed by atoms with van der Waals surface area (Å²) in [6.45, 7) is 3.55. The van der Waals surface area contributed by atoms with E-state index in [1.165, 1.54) is 0 Å². The quantitative estimate of drug-likeness (QED) is 0.703. The van der Waals surface area contributed by atoms with E-state index >= 15 is 0 Å². The molecule has 0 saturated heterocycles. The van der Waals surface area contributed by atoms with Crippen molar-refractivity contribution >= 4 is 29.2 Å². The normalized spacial score (nSPS) is 11.8. The average molecular weight is 337 g/mol. The number of aryl methyl sites for hydroxylation is 1. The predicted molar refractivity (Wildman–Crippen MR) is 86.0 cm³/mol. The molecule has 0 bridgehead atoms. The van der Waals surface area contributed by atoms with E-state index < -0.39 is 6.04 Å². The second-order valence-corrected chi connectivity index (χ2v) is 5.31. The van der Waals surface area contributed by atoms with Crippen molar-refractivity contribution in [1.82, 2.24) is 16.0 Å². The molecule has 1 heterocycles. The van der Waals surface area contributed by atoms with Crippen molar-refractivity contribution in [3.05, 3.63) is 46.7 Å². The monoisotopic (exact) mass is 336 g/mol. The molecule has 2 rings (SSSR count). The van der Waals surface area contributed by atoms with Gasteiger partial charge in [0.2, 0.25) is 5.91 Å². The summed E-state index contributed by atoms with van der Waals surface area (Å²) in [6, 6.07) is 7.43. The highest BCUT2D eigenvalue weighted by Gasteiger charge is 2.18. The molecule has 3 N–H and O–H groups in total. The van der Waals surface area contributed by atoms with Gasteiger partial charge in [0.1, 0.15) is 11.8 Å². The van der Waals surface area contributed by atoms with E-state index in [9.17, 15) is 9.59 Å². The minimum atomic E-state index is -0.608. The molecule has 1 aromatic carbocycles. The van der Waals surface area contributed by atoms with Crippen molar-refractivity contribution in [2.45, 2.75) is 26.3 Å². The zero-order chi connectivity index (χ0) is 16.8. The van der Waals surface area contributed by atoms with Crippen molar-refractivity contribution in [2.75, 3.05) is 5.32 Å². The second kappa shape index (κ2) is 7.75. The van der Waals surface area contributed by atoms with Gasteiger partial charge >= 0.3 is 0 Å². The number of hydrogen-bond donors (Lipinski definition) is 3. The lowest BCUT2D eigenvalue weighted by atomic mass is 10.2. The molecule has 23 heavy (non-hydrogen) atoms. The van der Waals surface area contributed by atoms with Crippen LogP contribution in [0.25, 0.3) is 0 Å². The number of rotatable bonds is 6. The number of aromatic nitrogens is 1. The summed E-state index contributed by atoms with van der Waals surface area (Å²) in [4.78, 5) is 24.1. The van der Waals surface area contributed by atoms with Crippen molar-refractivity contribution in [1.29, 1.82) is 0 Å². The van der Waals surface area contributed by atoms with E-state index in [0.29, 0.717) is 28.6 Å². The van der Waals surface area contributed by atoms with Crippen molar-refractivity contribution in [2.24, 2.45) is 0 Å². The Morgan fingerprint density at radius 3 is 2.57 bits per heavy atom. The number of nitrogens with one attached hydrogen (secondary N) is 3. The van der Waals surface area contributed by atoms with Crippen LogP contribution in [0.2, 0.25) is 5.02 Å². The lowest BCUT2D eigenvalue weighted by molar-refractivity contribution is -0.118. The minimum Gasteiger partial charge on any atom is -0.360 e. The lowest BCUT2D eigenvalue weighted by Gasteiger charge is -2.16. The van der Waals surface area contributed by atoms with Crippen LogP contribution in [0.4, 0.5) is 5.82 Å². The van der Waals surface area contributed by atoms with Crippen molar-refractivity contribution < 1.29 is 14.1 Å². The van der Waals surface area contributed by atoms with E-state index in [4.69, 9.17) is 16.1 Å². The molecule has 0 unspecified atom stereocenters. The van der Waals surface area contributed by atoms with E-state index in [2.05, 4.69) is 21.3 Å². The van der Waals surface area contributed by atoms with Gasteiger partial charge in [-0.15, -0.1) is 0 Å². The van der Waals surface area contributed by atoms with Gasteiger partial charge < -0.3 is 9.84 Å². The standard InChI is InChI=1S/C15H17ClN4O3/c1-3-12(15(22)17-13-8-9(2)23-20-13)18-19-14(21)10-4-6-11(16)7-5-10/h4-8,12,18H,3H2,1-2H3,(H,19,21)(H,17,20,22)/t12-/m1/s1. The molecule has 122 valence electrons. The Morgan fingerprint density at radius 1 is 1.30 bits per heavy atom. The van der Waals surface area contributed by atoms with Gasteiger partial charge in [-0.05, 0) is 37.6 Å². The van der Waals surface area contributed by atoms with Gasteiger partial charge in [-0.2, -0.15) is 0 Å². The fourth-order valence-electron chi connectivity index (χ4n) is 1.82. The van der Waals surface area contributed by atoms with Crippen LogP contribution in [0, 0.1) is 6.92 Å². The molecule has 0 radical (unpaired) electrons. The lowest BCUT2D eigenvalue weighted by Crippen LogP contribution is -2.49. The van der Waals surface area contributed by atoms with Crippen LogP contribution >= 0.6 is 11.6 Å². The number of hydrogen-bond acceptors (Lipinski definition) is 5. The first kappa shape index (κ1) is 17.0. The van der Waals surface area contributed by atoms with Crippen LogP contribution in [0.5, 0.6) is 0 Å². The zero-order valence-corrected chi connectivity index (χ0v) is 13.5. The number of carbonyl (C=O) groups excluding carboxylic acids is 2. The van der Waals surface area contributed by atoms with Crippen LogP contribution < -0.4 is 16.2 Å². The molecule has 0 aliphatic heterocycles. The maximum absolute atomic E-state index is 12.1. The van der Waals surface area contributed by atoms with Crippen molar-refractivity contribution in [3.8, 4) is 0 Å². The van der Waals surface area contributed by atoms with Gasteiger partial charge in [-0.3, -0.25) is 15.0 Å². The van der Waals surface area contributed by atoms with Crippen LogP contribution in [0.1, 0.15) is 29.5 Å². The van der Waals surface area contributed by atoms with Crippen LogP contribution in [-0.4, -0.2) is 23.0 Å². The van der Waals surface area contributed by atoms with Gasteiger partial charge in [-0.1, -0.05) is 23.7 Å². The summed E-state index contributed by atoms with van der Waals surface area (Å²) in [5, 5.41) is 6.84. The third kappa shape index (κ3) is 4.80. The Hall–Kier alpha value is -2.38. The molecule has 0 saturated carbocycles. The van der Waals surface area contributed by atoms with Crippen LogP contribution in [-0.2, 0) is 4.79 Å². The highest BCUT2D eigenvalue weighted by Crippen LogP contribution is 2.10. The number of nitrogens with zero attached hydrogens (tertiary/aromatic N) is 1. The predicted octanol–water partition coefficient (Wildman–Crippen LogP) is 2.29. The third-order valence-electron chi connectivity index (χ3n) is 3.07. The first-order valence-electron chi connectivity index (χ1n) is 7.05. The summed E-state index contributed by atoms with van der Waals surface area (Å²) in [7, 11) is 0. The molecule has 0 fully saturated rings. The maximum Gasteiger partial charge on any atom is 0.265 e. The van der Waals surface area contributed by atoms with E-state index in [1.54, 1.807) is 37.3 Å². The van der Waals surface area contributed by atoms with E-state index in [1.807, 2.05) is 6.92 Å². The van der Waals surface area contributed by atoms with E-state index in [0.717, 1.165) is 0 Å². The Bertz CT molecular complexity index is 684. The molecule has 2 aromatic rings. The number of anilines is 1. The first-order chi connectivity index (χ1) is 11.0. The summed E-state index contributed by atoms with van der Waals surface area (Å²) in [6.07, 6.45) is 0.476. The molecule has 2 amide bonds. The number of benzene rings is 1. The zero-order valence-electron chi connectivity index (χ0n) is 12.7. The molecule has 0 spiro atoms. The number of hydrazine groups is 1. The Labute approximate surface area is 138 Å². The topological polar surface area (TPSA) is 96.3 Å². The van der Waals surface area contributed by atoms with Crippen molar-refractivity contribution in [3.63, 3.8) is 0 Å². The van der Waals surface area contributed by atoms with Gasteiger partial charge in [-0.25, -0.2) is 5.43 Å². The molecular formula is C15H17ClN4O3. The fraction of sp³-hybridized carbons (Fsp3) is 0.267. The molecule has 0 aliphatic carbocycles. The Morgan fingerprint density at radius 2 is 2.00 bits per heavy atom. The summed E-state index contributed by atoms with van der Waals surface area (Å²) >= 11 is 5.77. The number of amides is 2. The SMILES string of the molecule is CC[C@@H](NNC(=O)c1ccc(Cl)cc1)C(=O)Nc1cc(C)on1. The maximum atomic E-state index is 12.1. The summed E-state index contributed by atoms with van der Waals surface area (Å²) < 4.78 is 4.88. The Kier molecular flexibility index (Phi) is 5.72.